The first kappa shape index (κ1) is 16.6. The van der Waals surface area contributed by atoms with Crippen LogP contribution in [0.25, 0.3) is 0 Å². The topological polar surface area (TPSA) is 77.6 Å². The first-order valence-corrected chi connectivity index (χ1v) is 7.05. The van der Waals surface area contributed by atoms with E-state index in [1.54, 1.807) is 6.92 Å². The van der Waals surface area contributed by atoms with Gasteiger partial charge in [-0.1, -0.05) is 12.1 Å². The van der Waals surface area contributed by atoms with E-state index >= 15 is 0 Å². The predicted octanol–water partition coefficient (Wildman–Crippen LogP) is 2.78. The van der Waals surface area contributed by atoms with Gasteiger partial charge in [0.25, 0.3) is 0 Å². The van der Waals surface area contributed by atoms with E-state index in [1.807, 2.05) is 31.2 Å². The van der Waals surface area contributed by atoms with Gasteiger partial charge in [-0.05, 0) is 37.1 Å². The highest BCUT2D eigenvalue weighted by molar-refractivity contribution is 5.95. The van der Waals surface area contributed by atoms with Crippen LogP contribution in [0, 0.1) is 13.8 Å². The molecule has 0 spiro atoms. The minimum atomic E-state index is -0.564. The maximum atomic E-state index is 11.9. The molecule has 0 aliphatic rings. The van der Waals surface area contributed by atoms with E-state index in [1.165, 1.54) is 14.2 Å². The number of hydrogen-bond donors (Lipinski definition) is 1. The molecule has 6 heteroatoms. The molecule has 122 valence electrons. The summed E-state index contributed by atoms with van der Waals surface area (Å²) in [7, 11) is 2.56. The zero-order valence-electron chi connectivity index (χ0n) is 13.6. The molecular weight excluding hydrogens is 298 g/mol. The van der Waals surface area contributed by atoms with Gasteiger partial charge in [0.05, 0.1) is 14.2 Å². The number of carbonyl (C=O) groups is 2. The molecule has 0 unspecified atom stereocenters. The number of benzene rings is 1. The molecule has 1 aromatic heterocycles. The van der Waals surface area contributed by atoms with Crippen LogP contribution in [0.2, 0.25) is 0 Å². The molecule has 23 heavy (non-hydrogen) atoms. The second kappa shape index (κ2) is 7.00. The molecule has 2 aromatic rings. The van der Waals surface area contributed by atoms with E-state index in [-0.39, 0.29) is 18.0 Å². The number of methoxy groups -OCH3 is 2. The van der Waals surface area contributed by atoms with Gasteiger partial charge in [-0.25, -0.2) is 9.59 Å². The Morgan fingerprint density at radius 3 is 2.30 bits per heavy atom. The lowest BCUT2D eigenvalue weighted by molar-refractivity contribution is 0.0589. The first-order valence-electron chi connectivity index (χ1n) is 7.05. The Bertz CT molecular complexity index is 733. The number of nitrogens with one attached hydrogen (secondary N) is 1. The van der Waals surface area contributed by atoms with Gasteiger partial charge in [0.2, 0.25) is 0 Å². The average Bonchev–Trinajstić information content (AvgIpc) is 2.88. The number of aromatic amines is 1. The maximum absolute atomic E-state index is 11.9. The molecule has 0 saturated heterocycles. The van der Waals surface area contributed by atoms with Crippen molar-refractivity contribution in [3.05, 3.63) is 52.3 Å². The number of aromatic nitrogens is 1. The minimum absolute atomic E-state index is 0.132. The number of ether oxygens (including phenoxy) is 3. The van der Waals surface area contributed by atoms with Crippen molar-refractivity contribution in [1.82, 2.24) is 4.98 Å². The van der Waals surface area contributed by atoms with Crippen molar-refractivity contribution in [3.8, 4) is 5.75 Å². The molecule has 0 fully saturated rings. The summed E-state index contributed by atoms with van der Waals surface area (Å²) in [5.74, 6) is -0.429. The number of rotatable bonds is 5. The first-order chi connectivity index (χ1) is 11.0. The standard InChI is InChI=1S/C17H19NO5/c1-10-6-5-7-12(8-10)23-9-13-11(2)14(16(19)21-3)18-15(13)17(20)22-4/h5-8,18H,9H2,1-4H3. The van der Waals surface area contributed by atoms with Crippen LogP contribution in [-0.2, 0) is 16.1 Å². The number of esters is 2. The second-order valence-corrected chi connectivity index (χ2v) is 5.07. The van der Waals surface area contributed by atoms with E-state index in [0.29, 0.717) is 16.9 Å². The molecule has 0 saturated carbocycles. The normalized spacial score (nSPS) is 10.3. The van der Waals surface area contributed by atoms with Gasteiger partial charge in [0.1, 0.15) is 23.7 Å². The van der Waals surface area contributed by atoms with E-state index in [4.69, 9.17) is 14.2 Å². The molecule has 0 bridgehead atoms. The summed E-state index contributed by atoms with van der Waals surface area (Å²) in [5, 5.41) is 0. The fourth-order valence-corrected chi connectivity index (χ4v) is 2.26. The van der Waals surface area contributed by atoms with Crippen LogP contribution in [0.3, 0.4) is 0 Å². The summed E-state index contributed by atoms with van der Waals surface area (Å²) in [6.45, 7) is 3.82. The number of H-pyrrole nitrogens is 1. The van der Waals surface area contributed by atoms with Crippen molar-refractivity contribution in [2.75, 3.05) is 14.2 Å². The smallest absolute Gasteiger partial charge is 0.354 e. The van der Waals surface area contributed by atoms with Gasteiger partial charge in [-0.3, -0.25) is 0 Å². The lowest BCUT2D eigenvalue weighted by Crippen LogP contribution is -2.08. The van der Waals surface area contributed by atoms with E-state index in [2.05, 4.69) is 4.98 Å². The highest BCUT2D eigenvalue weighted by atomic mass is 16.5. The minimum Gasteiger partial charge on any atom is -0.489 e. The van der Waals surface area contributed by atoms with Crippen molar-refractivity contribution < 1.29 is 23.8 Å². The Labute approximate surface area is 134 Å². The Hall–Kier alpha value is -2.76. The van der Waals surface area contributed by atoms with Crippen molar-refractivity contribution in [3.63, 3.8) is 0 Å². The monoisotopic (exact) mass is 317 g/mol. The fourth-order valence-electron chi connectivity index (χ4n) is 2.26. The zero-order valence-corrected chi connectivity index (χ0v) is 13.6. The predicted molar refractivity (Wildman–Crippen MR) is 83.7 cm³/mol. The number of carbonyl (C=O) groups excluding carboxylic acids is 2. The lowest BCUT2D eigenvalue weighted by atomic mass is 10.1. The summed E-state index contributed by atoms with van der Waals surface area (Å²) in [6, 6.07) is 7.56. The van der Waals surface area contributed by atoms with Crippen LogP contribution in [-0.4, -0.2) is 31.1 Å². The van der Waals surface area contributed by atoms with Crippen LogP contribution < -0.4 is 4.74 Å². The third-order valence-corrected chi connectivity index (χ3v) is 3.53. The molecule has 2 rings (SSSR count). The molecule has 0 aliphatic carbocycles. The Kier molecular flexibility index (Phi) is 5.05. The Morgan fingerprint density at radius 2 is 1.70 bits per heavy atom. The summed E-state index contributed by atoms with van der Waals surface area (Å²) in [5.41, 5.74) is 2.65. The summed E-state index contributed by atoms with van der Waals surface area (Å²) in [6.07, 6.45) is 0. The molecule has 0 amide bonds. The SMILES string of the molecule is COC(=O)c1[nH]c(C(=O)OC)c(COc2cccc(C)c2)c1C. The van der Waals surface area contributed by atoms with Crippen LogP contribution in [0.5, 0.6) is 5.75 Å². The molecule has 0 radical (unpaired) electrons. The maximum Gasteiger partial charge on any atom is 0.354 e. The van der Waals surface area contributed by atoms with Crippen LogP contribution in [0.4, 0.5) is 0 Å². The molecule has 0 aliphatic heterocycles. The molecule has 6 nitrogen and oxygen atoms in total. The molecule has 1 N–H and O–H groups in total. The average molecular weight is 317 g/mol. The lowest BCUT2D eigenvalue weighted by Gasteiger charge is -2.08. The van der Waals surface area contributed by atoms with Crippen molar-refractivity contribution in [1.29, 1.82) is 0 Å². The third kappa shape index (κ3) is 3.53. The van der Waals surface area contributed by atoms with Gasteiger partial charge < -0.3 is 19.2 Å². The molecule has 0 atom stereocenters. The number of hydrogen-bond acceptors (Lipinski definition) is 5. The Balaban J connectivity index is 2.33. The zero-order chi connectivity index (χ0) is 17.0. The second-order valence-electron chi connectivity index (χ2n) is 5.07. The summed E-state index contributed by atoms with van der Waals surface area (Å²) in [4.78, 5) is 26.5. The van der Waals surface area contributed by atoms with E-state index in [0.717, 1.165) is 5.56 Å². The van der Waals surface area contributed by atoms with E-state index in [9.17, 15) is 9.59 Å². The molecular formula is C17H19NO5. The molecule has 1 aromatic carbocycles. The number of aryl methyl sites for hydroxylation is 1. The quantitative estimate of drug-likeness (QED) is 0.858. The summed E-state index contributed by atoms with van der Waals surface area (Å²) < 4.78 is 15.2. The van der Waals surface area contributed by atoms with E-state index < -0.39 is 11.9 Å². The largest absolute Gasteiger partial charge is 0.489 e. The van der Waals surface area contributed by atoms with Gasteiger partial charge >= 0.3 is 11.9 Å². The molecule has 1 heterocycles. The highest BCUT2D eigenvalue weighted by Gasteiger charge is 2.24. The third-order valence-electron chi connectivity index (χ3n) is 3.53. The van der Waals surface area contributed by atoms with Crippen molar-refractivity contribution >= 4 is 11.9 Å². The van der Waals surface area contributed by atoms with Gasteiger partial charge in [-0.2, -0.15) is 0 Å². The highest BCUT2D eigenvalue weighted by Crippen LogP contribution is 2.23. The summed E-state index contributed by atoms with van der Waals surface area (Å²) >= 11 is 0. The van der Waals surface area contributed by atoms with Gasteiger partial charge in [0, 0.05) is 5.56 Å². The van der Waals surface area contributed by atoms with Crippen LogP contribution in [0.1, 0.15) is 37.7 Å². The van der Waals surface area contributed by atoms with Crippen molar-refractivity contribution in [2.24, 2.45) is 0 Å². The van der Waals surface area contributed by atoms with Gasteiger partial charge in [0.15, 0.2) is 0 Å². The van der Waals surface area contributed by atoms with Crippen LogP contribution >= 0.6 is 0 Å². The fraction of sp³-hybridized carbons (Fsp3) is 0.294. The van der Waals surface area contributed by atoms with Crippen molar-refractivity contribution in [2.45, 2.75) is 20.5 Å². The van der Waals surface area contributed by atoms with Crippen LogP contribution in [0.15, 0.2) is 24.3 Å². The Morgan fingerprint density at radius 1 is 1.04 bits per heavy atom. The van der Waals surface area contributed by atoms with Gasteiger partial charge in [-0.15, -0.1) is 0 Å².